The van der Waals surface area contributed by atoms with Crippen LogP contribution in [0.25, 0.3) is 22.7 Å². The molecule has 8 heteroatoms. The van der Waals surface area contributed by atoms with Gasteiger partial charge in [-0.3, -0.25) is 4.79 Å². The molecule has 0 unspecified atom stereocenters. The Labute approximate surface area is 159 Å². The summed E-state index contributed by atoms with van der Waals surface area (Å²) in [5.41, 5.74) is 1.92. The number of carbonyl (C=O) groups excluding carboxylic acids is 1. The summed E-state index contributed by atoms with van der Waals surface area (Å²) in [6, 6.07) is 19.7. The molecule has 0 aliphatic heterocycles. The highest BCUT2D eigenvalue weighted by molar-refractivity contribution is 6.08. The Bertz CT molecular complexity index is 1230. The van der Waals surface area contributed by atoms with E-state index in [1.165, 1.54) is 0 Å². The molecular formula is C20H11N7O. The van der Waals surface area contributed by atoms with Gasteiger partial charge < -0.3 is 10.3 Å². The van der Waals surface area contributed by atoms with Gasteiger partial charge in [-0.05, 0) is 18.2 Å². The molecule has 0 bridgehead atoms. The molecule has 4 aromatic rings. The number of nitrogens with zero attached hydrogens (tertiary/aromatic N) is 5. The number of rotatable bonds is 3. The van der Waals surface area contributed by atoms with Crippen molar-refractivity contribution in [3.63, 3.8) is 0 Å². The van der Waals surface area contributed by atoms with Crippen LogP contribution in [0.4, 0.5) is 5.69 Å². The number of hydrogen-bond acceptors (Lipinski definition) is 6. The first-order valence-electron chi connectivity index (χ1n) is 8.23. The molecule has 28 heavy (non-hydrogen) atoms. The van der Waals surface area contributed by atoms with Crippen molar-refractivity contribution in [2.75, 3.05) is 5.32 Å². The lowest BCUT2D eigenvalue weighted by Gasteiger charge is -2.08. The highest BCUT2D eigenvalue weighted by Gasteiger charge is 2.17. The molecule has 0 spiro atoms. The van der Waals surface area contributed by atoms with E-state index in [4.69, 9.17) is 10.5 Å². The van der Waals surface area contributed by atoms with Crippen LogP contribution in [0.2, 0.25) is 0 Å². The third-order valence-corrected chi connectivity index (χ3v) is 4.00. The van der Waals surface area contributed by atoms with Gasteiger partial charge >= 0.3 is 0 Å². The Morgan fingerprint density at radius 3 is 2.32 bits per heavy atom. The number of aromatic nitrogens is 4. The van der Waals surface area contributed by atoms with Gasteiger partial charge in [0, 0.05) is 11.3 Å². The smallest absolute Gasteiger partial charge is 0.256 e. The maximum Gasteiger partial charge on any atom is 0.256 e. The Hall–Kier alpha value is -4.56. The Morgan fingerprint density at radius 2 is 1.57 bits per heavy atom. The number of imidazole rings is 1. The lowest BCUT2D eigenvalue weighted by Crippen LogP contribution is -2.13. The number of nitrogens with one attached hydrogen (secondary N) is 2. The molecule has 0 aliphatic rings. The number of nitriles is 2. The van der Waals surface area contributed by atoms with Crippen LogP contribution in [0.1, 0.15) is 21.7 Å². The largest absolute Gasteiger partial charge is 0.322 e. The number of aromatic amines is 1. The monoisotopic (exact) mass is 365 g/mol. The minimum atomic E-state index is -0.293. The van der Waals surface area contributed by atoms with Crippen molar-refractivity contribution in [3.05, 3.63) is 71.5 Å². The first-order chi connectivity index (χ1) is 13.7. The van der Waals surface area contributed by atoms with Gasteiger partial charge in [0.2, 0.25) is 0 Å². The number of anilines is 1. The highest BCUT2D eigenvalue weighted by Crippen LogP contribution is 2.24. The molecule has 0 saturated carbocycles. The summed E-state index contributed by atoms with van der Waals surface area (Å²) in [6.45, 7) is 0. The Morgan fingerprint density at radius 1 is 0.893 bits per heavy atom. The van der Waals surface area contributed by atoms with Crippen molar-refractivity contribution in [3.8, 4) is 23.5 Å². The molecule has 2 N–H and O–H groups in total. The van der Waals surface area contributed by atoms with E-state index in [0.29, 0.717) is 22.6 Å². The average molecular weight is 365 g/mol. The fraction of sp³-hybridized carbons (Fsp3) is 0. The second-order valence-electron chi connectivity index (χ2n) is 5.77. The Kier molecular flexibility index (Phi) is 4.21. The van der Waals surface area contributed by atoms with Crippen molar-refractivity contribution < 1.29 is 4.79 Å². The van der Waals surface area contributed by atoms with Crippen molar-refractivity contribution in [2.45, 2.75) is 0 Å². The van der Waals surface area contributed by atoms with Gasteiger partial charge in [0.25, 0.3) is 5.91 Å². The van der Waals surface area contributed by atoms with Crippen molar-refractivity contribution in [2.24, 2.45) is 0 Å². The number of fused-ring (bicyclic) bond motifs is 1. The van der Waals surface area contributed by atoms with Crippen LogP contribution < -0.4 is 5.32 Å². The van der Waals surface area contributed by atoms with Crippen LogP contribution in [0.3, 0.4) is 0 Å². The number of amides is 1. The molecule has 2 aromatic heterocycles. The van der Waals surface area contributed by atoms with Gasteiger partial charge in [0.05, 0.1) is 5.56 Å². The topological polar surface area (TPSA) is 131 Å². The van der Waals surface area contributed by atoms with Gasteiger partial charge in [-0.25, -0.2) is 15.0 Å². The van der Waals surface area contributed by atoms with Crippen LogP contribution in [0.15, 0.2) is 54.6 Å². The second kappa shape index (κ2) is 6.98. The van der Waals surface area contributed by atoms with Gasteiger partial charge in [-0.1, -0.05) is 36.4 Å². The van der Waals surface area contributed by atoms with E-state index in [2.05, 4.69) is 25.3 Å². The minimum absolute atomic E-state index is 0.0831. The molecule has 0 aliphatic carbocycles. The standard InChI is InChI=1S/C20H11N7O/c21-10-15-16(11-22)25-19-18(24-15)26-17(27-19)13-8-4-5-9-14(13)20(28)23-12-6-2-1-3-7-12/h1-9H,(H,23,28)(H,24,25,26,27). The second-order valence-corrected chi connectivity index (χ2v) is 5.77. The summed E-state index contributed by atoms with van der Waals surface area (Å²) in [6.07, 6.45) is 0. The maximum absolute atomic E-state index is 12.8. The first kappa shape index (κ1) is 16.9. The van der Waals surface area contributed by atoms with Crippen LogP contribution in [-0.4, -0.2) is 25.8 Å². The third-order valence-electron chi connectivity index (χ3n) is 4.00. The normalized spacial score (nSPS) is 10.2. The molecule has 4 rings (SSSR count). The fourth-order valence-electron chi connectivity index (χ4n) is 2.73. The molecule has 8 nitrogen and oxygen atoms in total. The molecule has 1 amide bonds. The molecule has 0 radical (unpaired) electrons. The van der Waals surface area contributed by atoms with E-state index in [1.807, 2.05) is 30.3 Å². The number of benzene rings is 2. The van der Waals surface area contributed by atoms with Gasteiger partial charge in [-0.15, -0.1) is 0 Å². The van der Waals surface area contributed by atoms with Gasteiger partial charge in [0.1, 0.15) is 18.0 Å². The van der Waals surface area contributed by atoms with E-state index >= 15 is 0 Å². The molecule has 2 aromatic carbocycles. The third kappa shape index (κ3) is 3.02. The number of hydrogen-bond donors (Lipinski definition) is 2. The lowest BCUT2D eigenvalue weighted by atomic mass is 10.1. The average Bonchev–Trinajstić information content (AvgIpc) is 3.16. The van der Waals surface area contributed by atoms with E-state index in [-0.39, 0.29) is 28.6 Å². The van der Waals surface area contributed by atoms with Crippen LogP contribution >= 0.6 is 0 Å². The quantitative estimate of drug-likeness (QED) is 0.574. The predicted octanol–water partition coefficient (Wildman–Crippen LogP) is 3.02. The summed E-state index contributed by atoms with van der Waals surface area (Å²) in [5.74, 6) is 0.0754. The van der Waals surface area contributed by atoms with Crippen molar-refractivity contribution in [1.82, 2.24) is 19.9 Å². The Balaban J connectivity index is 1.77. The number of H-pyrrole nitrogens is 1. The first-order valence-corrected chi connectivity index (χ1v) is 8.23. The number of para-hydroxylation sites is 1. The summed E-state index contributed by atoms with van der Waals surface area (Å²) in [5, 5.41) is 21.0. The summed E-state index contributed by atoms with van der Waals surface area (Å²) >= 11 is 0. The van der Waals surface area contributed by atoms with Gasteiger partial charge in [0.15, 0.2) is 22.7 Å². The van der Waals surface area contributed by atoms with Crippen LogP contribution in [0.5, 0.6) is 0 Å². The zero-order valence-corrected chi connectivity index (χ0v) is 14.3. The van der Waals surface area contributed by atoms with E-state index < -0.39 is 0 Å². The molecule has 0 saturated heterocycles. The molecule has 0 fully saturated rings. The summed E-state index contributed by atoms with van der Waals surface area (Å²) in [7, 11) is 0. The van der Waals surface area contributed by atoms with Crippen LogP contribution in [-0.2, 0) is 0 Å². The molecular weight excluding hydrogens is 354 g/mol. The van der Waals surface area contributed by atoms with E-state index in [0.717, 1.165) is 0 Å². The summed E-state index contributed by atoms with van der Waals surface area (Å²) < 4.78 is 0. The molecule has 0 atom stereocenters. The molecule has 132 valence electrons. The maximum atomic E-state index is 12.8. The zero-order chi connectivity index (χ0) is 19.5. The van der Waals surface area contributed by atoms with Gasteiger partial charge in [-0.2, -0.15) is 10.5 Å². The van der Waals surface area contributed by atoms with Crippen molar-refractivity contribution in [1.29, 1.82) is 10.5 Å². The summed E-state index contributed by atoms with van der Waals surface area (Å²) in [4.78, 5) is 28.2. The predicted molar refractivity (Wildman–Crippen MR) is 101 cm³/mol. The fourth-order valence-corrected chi connectivity index (χ4v) is 2.73. The lowest BCUT2D eigenvalue weighted by molar-refractivity contribution is 0.102. The van der Waals surface area contributed by atoms with Crippen LogP contribution in [0, 0.1) is 22.7 Å². The van der Waals surface area contributed by atoms with E-state index in [1.54, 1.807) is 36.4 Å². The number of carbonyl (C=O) groups is 1. The van der Waals surface area contributed by atoms with E-state index in [9.17, 15) is 4.79 Å². The zero-order valence-electron chi connectivity index (χ0n) is 14.3. The minimum Gasteiger partial charge on any atom is -0.322 e. The molecule has 2 heterocycles. The SMILES string of the molecule is N#Cc1nc2nc(-c3ccccc3C(=O)Nc3ccccc3)[nH]c2nc1C#N. The van der Waals surface area contributed by atoms with Crippen molar-refractivity contribution >= 4 is 22.9 Å². The highest BCUT2D eigenvalue weighted by atomic mass is 16.1.